The van der Waals surface area contributed by atoms with Crippen molar-refractivity contribution in [3.8, 4) is 0 Å². The monoisotopic (exact) mass is 257 g/mol. The van der Waals surface area contributed by atoms with Crippen LogP contribution in [0.4, 0.5) is 10.1 Å². The Kier molecular flexibility index (Phi) is 2.38. The molecule has 0 bridgehead atoms. The minimum absolute atomic E-state index is 0.00603. The number of benzene rings is 1. The van der Waals surface area contributed by atoms with E-state index in [4.69, 9.17) is 0 Å². The lowest BCUT2D eigenvalue weighted by Gasteiger charge is -2.13. The van der Waals surface area contributed by atoms with Gasteiger partial charge in [-0.15, -0.1) is 0 Å². The number of amides is 2. The van der Waals surface area contributed by atoms with E-state index >= 15 is 0 Å². The maximum Gasteiger partial charge on any atom is 0.286 e. The second-order valence-corrected chi connectivity index (χ2v) is 4.13. The van der Waals surface area contributed by atoms with Crippen LogP contribution in [-0.2, 0) is 0 Å². The molecule has 3 rings (SSSR count). The number of rotatable bonds is 1. The van der Waals surface area contributed by atoms with E-state index in [1.807, 2.05) is 0 Å². The average Bonchev–Trinajstić information content (AvgIpc) is 2.66. The number of imide groups is 1. The van der Waals surface area contributed by atoms with E-state index in [0.717, 1.165) is 11.0 Å². The van der Waals surface area contributed by atoms with Crippen LogP contribution in [0.5, 0.6) is 0 Å². The second-order valence-electron chi connectivity index (χ2n) is 4.13. The van der Waals surface area contributed by atoms with Gasteiger partial charge < -0.3 is 0 Å². The van der Waals surface area contributed by atoms with E-state index < -0.39 is 17.6 Å². The number of carbonyl (C=O) groups is 2. The highest BCUT2D eigenvalue weighted by Crippen LogP contribution is 2.26. The minimum atomic E-state index is -0.587. The number of carbonyl (C=O) groups excluding carboxylic acids is 2. The van der Waals surface area contributed by atoms with Crippen LogP contribution in [0.2, 0.25) is 0 Å². The molecular weight excluding hydrogens is 249 g/mol. The Morgan fingerprint density at radius 1 is 1.05 bits per heavy atom. The van der Waals surface area contributed by atoms with Crippen LogP contribution in [0.1, 0.15) is 26.5 Å². The molecule has 5 nitrogen and oxygen atoms in total. The third-order valence-corrected chi connectivity index (χ3v) is 2.92. The van der Waals surface area contributed by atoms with Gasteiger partial charge in [0.25, 0.3) is 11.8 Å². The van der Waals surface area contributed by atoms with Gasteiger partial charge in [-0.25, -0.2) is 19.3 Å². The molecule has 6 heteroatoms. The molecule has 0 unspecified atom stereocenters. The third kappa shape index (κ3) is 1.61. The number of halogens is 1. The molecule has 1 aromatic carbocycles. The summed E-state index contributed by atoms with van der Waals surface area (Å²) in [6, 6.07) is 4.17. The molecule has 0 aliphatic carbocycles. The molecule has 0 saturated carbocycles. The first-order chi connectivity index (χ1) is 9.09. The van der Waals surface area contributed by atoms with Crippen LogP contribution in [0.25, 0.3) is 0 Å². The highest BCUT2D eigenvalue weighted by Gasteiger charge is 2.39. The zero-order valence-corrected chi connectivity index (χ0v) is 9.92. The highest BCUT2D eigenvalue weighted by atomic mass is 19.1. The summed E-state index contributed by atoms with van der Waals surface area (Å²) < 4.78 is 13.5. The van der Waals surface area contributed by atoms with Crippen molar-refractivity contribution < 1.29 is 14.0 Å². The maximum absolute atomic E-state index is 13.5. The van der Waals surface area contributed by atoms with Crippen LogP contribution < -0.4 is 4.90 Å². The maximum atomic E-state index is 13.5. The molecule has 2 heterocycles. The molecule has 94 valence electrons. The van der Waals surface area contributed by atoms with Crippen molar-refractivity contribution in [3.63, 3.8) is 0 Å². The van der Waals surface area contributed by atoms with E-state index in [1.165, 1.54) is 24.5 Å². The third-order valence-electron chi connectivity index (χ3n) is 2.92. The Hall–Kier alpha value is -2.63. The lowest BCUT2D eigenvalue weighted by atomic mass is 10.2. The summed E-state index contributed by atoms with van der Waals surface area (Å²) in [6.07, 6.45) is 2.67. The Labute approximate surface area is 107 Å². The SMILES string of the molecule is Cc1ccc(N2C(=O)c3nccnc3C2=O)cc1F. The molecule has 2 amide bonds. The Bertz CT molecular complexity index is 680. The summed E-state index contributed by atoms with van der Waals surface area (Å²) in [5.41, 5.74) is 0.608. The molecule has 1 aliphatic rings. The predicted octanol–water partition coefficient (Wildman–Crippen LogP) is 1.72. The Morgan fingerprint density at radius 3 is 2.16 bits per heavy atom. The van der Waals surface area contributed by atoms with Gasteiger partial charge in [-0.3, -0.25) is 9.59 Å². The summed E-state index contributed by atoms with van der Waals surface area (Å²) in [4.78, 5) is 32.7. The predicted molar refractivity (Wildman–Crippen MR) is 64.3 cm³/mol. The summed E-state index contributed by atoms with van der Waals surface area (Å²) in [5.74, 6) is -1.65. The van der Waals surface area contributed by atoms with Crippen LogP contribution >= 0.6 is 0 Å². The number of hydrogen-bond acceptors (Lipinski definition) is 4. The van der Waals surface area contributed by atoms with Crippen molar-refractivity contribution in [3.05, 3.63) is 53.4 Å². The van der Waals surface area contributed by atoms with Crippen LogP contribution in [0, 0.1) is 12.7 Å². The second kappa shape index (κ2) is 3.94. The van der Waals surface area contributed by atoms with Gasteiger partial charge in [0.1, 0.15) is 5.82 Å². The summed E-state index contributed by atoms with van der Waals surface area (Å²) in [7, 11) is 0. The molecule has 0 saturated heterocycles. The molecule has 1 aromatic heterocycles. The van der Waals surface area contributed by atoms with E-state index in [0.29, 0.717) is 5.56 Å². The fourth-order valence-electron chi connectivity index (χ4n) is 1.91. The van der Waals surface area contributed by atoms with Crippen LogP contribution in [0.3, 0.4) is 0 Å². The zero-order chi connectivity index (χ0) is 13.6. The molecule has 2 aromatic rings. The summed E-state index contributed by atoms with van der Waals surface area (Å²) >= 11 is 0. The number of hydrogen-bond donors (Lipinski definition) is 0. The average molecular weight is 257 g/mol. The van der Waals surface area contributed by atoms with E-state index in [-0.39, 0.29) is 17.1 Å². The normalized spacial score (nSPS) is 13.9. The minimum Gasteiger partial charge on any atom is -0.266 e. The van der Waals surface area contributed by atoms with Gasteiger partial charge in [0.15, 0.2) is 11.4 Å². The summed E-state index contributed by atoms with van der Waals surface area (Å²) in [5, 5.41) is 0. The molecule has 1 aliphatic heterocycles. The van der Waals surface area contributed by atoms with Gasteiger partial charge >= 0.3 is 0 Å². The van der Waals surface area contributed by atoms with Gasteiger partial charge in [0.05, 0.1) is 5.69 Å². The van der Waals surface area contributed by atoms with Gasteiger partial charge in [-0.05, 0) is 24.6 Å². The van der Waals surface area contributed by atoms with Gasteiger partial charge in [0, 0.05) is 12.4 Å². The Morgan fingerprint density at radius 2 is 1.63 bits per heavy atom. The van der Waals surface area contributed by atoms with Crippen LogP contribution in [-0.4, -0.2) is 21.8 Å². The van der Waals surface area contributed by atoms with Crippen molar-refractivity contribution in [1.29, 1.82) is 0 Å². The van der Waals surface area contributed by atoms with E-state index in [2.05, 4.69) is 9.97 Å². The van der Waals surface area contributed by atoms with Crippen LogP contribution in [0.15, 0.2) is 30.6 Å². The van der Waals surface area contributed by atoms with Gasteiger partial charge in [-0.2, -0.15) is 0 Å². The first kappa shape index (κ1) is 11.5. The van der Waals surface area contributed by atoms with Crippen molar-refractivity contribution in [2.45, 2.75) is 6.92 Å². The standard InChI is InChI=1S/C13H8FN3O2/c1-7-2-3-8(6-9(7)14)17-12(18)10-11(13(17)19)16-5-4-15-10/h2-6H,1H3. The number of aryl methyl sites for hydroxylation is 1. The zero-order valence-electron chi connectivity index (χ0n) is 9.92. The molecule has 0 radical (unpaired) electrons. The lowest BCUT2D eigenvalue weighted by Crippen LogP contribution is -2.29. The fourth-order valence-corrected chi connectivity index (χ4v) is 1.91. The van der Waals surface area contributed by atoms with Crippen molar-refractivity contribution in [2.75, 3.05) is 4.90 Å². The number of anilines is 1. The molecule has 0 N–H and O–H groups in total. The van der Waals surface area contributed by atoms with Crippen molar-refractivity contribution in [1.82, 2.24) is 9.97 Å². The highest BCUT2D eigenvalue weighted by molar-refractivity contribution is 6.33. The molecule has 0 atom stereocenters. The molecule has 19 heavy (non-hydrogen) atoms. The topological polar surface area (TPSA) is 63.2 Å². The van der Waals surface area contributed by atoms with E-state index in [9.17, 15) is 14.0 Å². The number of aromatic nitrogens is 2. The molecule has 0 spiro atoms. The first-order valence-corrected chi connectivity index (χ1v) is 5.55. The Balaban J connectivity index is 2.11. The summed E-state index contributed by atoms with van der Waals surface area (Å²) in [6.45, 7) is 1.60. The largest absolute Gasteiger partial charge is 0.286 e. The lowest BCUT2D eigenvalue weighted by molar-refractivity contribution is 0.0923. The number of fused-ring (bicyclic) bond motifs is 1. The van der Waals surface area contributed by atoms with Gasteiger partial charge in [-0.1, -0.05) is 6.07 Å². The van der Waals surface area contributed by atoms with Crippen molar-refractivity contribution in [2.24, 2.45) is 0 Å². The molecular formula is C13H8FN3O2. The smallest absolute Gasteiger partial charge is 0.266 e. The van der Waals surface area contributed by atoms with Crippen molar-refractivity contribution >= 4 is 17.5 Å². The van der Waals surface area contributed by atoms with E-state index in [1.54, 1.807) is 6.92 Å². The first-order valence-electron chi connectivity index (χ1n) is 5.55. The molecule has 0 fully saturated rings. The fraction of sp³-hybridized carbons (Fsp3) is 0.0769. The van der Waals surface area contributed by atoms with Gasteiger partial charge in [0.2, 0.25) is 0 Å². The number of nitrogens with zero attached hydrogens (tertiary/aromatic N) is 3. The quantitative estimate of drug-likeness (QED) is 0.730.